The molecule has 0 saturated carbocycles. The number of esters is 1. The van der Waals surface area contributed by atoms with Crippen molar-refractivity contribution < 1.29 is 9.53 Å². The number of thiazole rings is 1. The molecule has 2 rings (SSSR count). The summed E-state index contributed by atoms with van der Waals surface area (Å²) in [4.78, 5) is 12.3. The Hall–Kier alpha value is -1.36. The molecular formula is C9H10N2O2S. The van der Waals surface area contributed by atoms with Crippen molar-refractivity contribution in [2.45, 2.75) is 13.8 Å². The summed E-state index contributed by atoms with van der Waals surface area (Å²) in [5.74, 6) is -0.302. The summed E-state index contributed by atoms with van der Waals surface area (Å²) in [6.45, 7) is 4.13. The summed E-state index contributed by atoms with van der Waals surface area (Å²) in [5.41, 5.74) is 1.57. The molecule has 0 aliphatic rings. The predicted octanol–water partition coefficient (Wildman–Crippen LogP) is 1.88. The number of hydrogen-bond donors (Lipinski definition) is 0. The number of carbonyl (C=O) groups is 1. The number of carbonyl (C=O) groups excluding carboxylic acids is 1. The third-order valence-electron chi connectivity index (χ3n) is 1.90. The summed E-state index contributed by atoms with van der Waals surface area (Å²) in [5, 5.41) is 6.07. The second kappa shape index (κ2) is 3.42. The second-order valence-corrected chi connectivity index (χ2v) is 3.73. The van der Waals surface area contributed by atoms with Crippen LogP contribution in [0.5, 0.6) is 0 Å². The van der Waals surface area contributed by atoms with Crippen molar-refractivity contribution in [1.29, 1.82) is 0 Å². The lowest BCUT2D eigenvalue weighted by molar-refractivity contribution is 0.0529. The van der Waals surface area contributed by atoms with Crippen molar-refractivity contribution in [3.05, 3.63) is 22.8 Å². The number of ether oxygens (including phenoxy) is 1. The Morgan fingerprint density at radius 2 is 2.50 bits per heavy atom. The van der Waals surface area contributed by atoms with Gasteiger partial charge in [-0.05, 0) is 13.8 Å². The molecule has 5 heteroatoms. The van der Waals surface area contributed by atoms with Gasteiger partial charge >= 0.3 is 5.97 Å². The van der Waals surface area contributed by atoms with E-state index in [1.54, 1.807) is 17.6 Å². The number of aromatic nitrogens is 2. The maximum atomic E-state index is 11.5. The molecular weight excluding hydrogens is 200 g/mol. The van der Waals surface area contributed by atoms with Crippen LogP contribution in [0, 0.1) is 6.92 Å². The van der Waals surface area contributed by atoms with Gasteiger partial charge in [0.25, 0.3) is 0 Å². The van der Waals surface area contributed by atoms with E-state index in [4.69, 9.17) is 4.74 Å². The molecule has 0 N–H and O–H groups in total. The lowest BCUT2D eigenvalue weighted by Gasteiger charge is -1.96. The van der Waals surface area contributed by atoms with Gasteiger partial charge in [0.05, 0.1) is 18.5 Å². The molecule has 0 bridgehead atoms. The van der Waals surface area contributed by atoms with E-state index in [2.05, 4.69) is 5.10 Å². The van der Waals surface area contributed by atoms with Gasteiger partial charge in [-0.1, -0.05) is 0 Å². The molecule has 0 spiro atoms. The van der Waals surface area contributed by atoms with Crippen molar-refractivity contribution in [3.8, 4) is 0 Å². The van der Waals surface area contributed by atoms with Crippen LogP contribution >= 0.6 is 11.3 Å². The van der Waals surface area contributed by atoms with Crippen molar-refractivity contribution in [2.24, 2.45) is 0 Å². The number of rotatable bonds is 2. The van der Waals surface area contributed by atoms with Crippen molar-refractivity contribution in [1.82, 2.24) is 9.61 Å². The highest BCUT2D eigenvalue weighted by atomic mass is 32.1. The first kappa shape index (κ1) is 9.21. The van der Waals surface area contributed by atoms with Gasteiger partial charge < -0.3 is 4.74 Å². The van der Waals surface area contributed by atoms with Gasteiger partial charge in [0.15, 0.2) is 0 Å². The molecule has 0 amide bonds. The first-order valence-corrected chi connectivity index (χ1v) is 5.21. The Morgan fingerprint density at radius 1 is 1.71 bits per heavy atom. The van der Waals surface area contributed by atoms with Crippen molar-refractivity contribution in [2.75, 3.05) is 6.61 Å². The fourth-order valence-corrected chi connectivity index (χ4v) is 2.18. The minimum atomic E-state index is -0.302. The predicted molar refractivity (Wildman–Crippen MR) is 53.8 cm³/mol. The van der Waals surface area contributed by atoms with E-state index in [0.29, 0.717) is 12.2 Å². The smallest absolute Gasteiger partial charge is 0.342 e. The van der Waals surface area contributed by atoms with Crippen LogP contribution in [0.2, 0.25) is 0 Å². The molecule has 0 radical (unpaired) electrons. The van der Waals surface area contributed by atoms with Gasteiger partial charge in [0.1, 0.15) is 10.4 Å². The van der Waals surface area contributed by atoms with Gasteiger partial charge in [-0.3, -0.25) is 0 Å². The van der Waals surface area contributed by atoms with Crippen LogP contribution in [0.4, 0.5) is 0 Å². The fourth-order valence-electron chi connectivity index (χ4n) is 1.24. The molecule has 0 fully saturated rings. The molecule has 0 aliphatic heterocycles. The zero-order valence-electron chi connectivity index (χ0n) is 7.98. The number of aryl methyl sites for hydroxylation is 1. The zero-order chi connectivity index (χ0) is 10.1. The standard InChI is InChI=1S/C9H10N2O2S/c1-3-13-9(12)7-4-10-11-6(2)5-14-8(7)11/h4-5H,3H2,1-2H3. The first-order chi connectivity index (χ1) is 6.74. The third kappa shape index (κ3) is 1.29. The maximum Gasteiger partial charge on any atom is 0.342 e. The van der Waals surface area contributed by atoms with E-state index in [9.17, 15) is 4.79 Å². The average molecular weight is 210 g/mol. The normalized spacial score (nSPS) is 10.7. The summed E-state index contributed by atoms with van der Waals surface area (Å²) < 4.78 is 6.66. The average Bonchev–Trinajstić information content (AvgIpc) is 2.69. The molecule has 2 heterocycles. The highest BCUT2D eigenvalue weighted by Crippen LogP contribution is 2.20. The van der Waals surface area contributed by atoms with Crippen molar-refractivity contribution >= 4 is 22.1 Å². The van der Waals surface area contributed by atoms with Crippen LogP contribution in [-0.2, 0) is 4.74 Å². The Kier molecular flexibility index (Phi) is 2.25. The Morgan fingerprint density at radius 3 is 3.21 bits per heavy atom. The molecule has 0 aromatic carbocycles. The highest BCUT2D eigenvalue weighted by molar-refractivity contribution is 7.16. The highest BCUT2D eigenvalue weighted by Gasteiger charge is 2.15. The monoisotopic (exact) mass is 210 g/mol. The van der Waals surface area contributed by atoms with E-state index in [1.165, 1.54) is 11.3 Å². The minimum absolute atomic E-state index is 0.302. The van der Waals surface area contributed by atoms with Gasteiger partial charge in [0, 0.05) is 5.38 Å². The lowest BCUT2D eigenvalue weighted by atomic mass is 10.4. The van der Waals surface area contributed by atoms with Crippen molar-refractivity contribution in [3.63, 3.8) is 0 Å². The van der Waals surface area contributed by atoms with Gasteiger partial charge in [-0.25, -0.2) is 9.31 Å². The quantitative estimate of drug-likeness (QED) is 0.711. The Labute approximate surface area is 85.1 Å². The lowest BCUT2D eigenvalue weighted by Crippen LogP contribution is -2.03. The van der Waals surface area contributed by atoms with E-state index in [0.717, 1.165) is 10.5 Å². The first-order valence-electron chi connectivity index (χ1n) is 4.33. The largest absolute Gasteiger partial charge is 0.462 e. The molecule has 14 heavy (non-hydrogen) atoms. The molecule has 2 aromatic heterocycles. The Balaban J connectivity index is 2.47. The van der Waals surface area contributed by atoms with E-state index < -0.39 is 0 Å². The van der Waals surface area contributed by atoms with E-state index in [1.807, 2.05) is 12.3 Å². The summed E-state index contributed by atoms with van der Waals surface area (Å²) in [7, 11) is 0. The summed E-state index contributed by atoms with van der Waals surface area (Å²) >= 11 is 1.50. The number of nitrogens with zero attached hydrogens (tertiary/aromatic N) is 2. The molecule has 0 unspecified atom stereocenters. The van der Waals surface area contributed by atoms with Crippen LogP contribution < -0.4 is 0 Å². The molecule has 4 nitrogen and oxygen atoms in total. The zero-order valence-corrected chi connectivity index (χ0v) is 8.80. The summed E-state index contributed by atoms with van der Waals surface area (Å²) in [6.07, 6.45) is 1.55. The van der Waals surface area contributed by atoms with Crippen LogP contribution in [-0.4, -0.2) is 22.2 Å². The van der Waals surface area contributed by atoms with E-state index >= 15 is 0 Å². The number of hydrogen-bond acceptors (Lipinski definition) is 4. The maximum absolute atomic E-state index is 11.5. The third-order valence-corrected chi connectivity index (χ3v) is 2.97. The molecule has 0 atom stereocenters. The minimum Gasteiger partial charge on any atom is -0.462 e. The SMILES string of the molecule is CCOC(=O)c1cnn2c(C)csc12. The van der Waals surface area contributed by atoms with Crippen LogP contribution in [0.1, 0.15) is 23.0 Å². The van der Waals surface area contributed by atoms with Crippen LogP contribution in [0.3, 0.4) is 0 Å². The topological polar surface area (TPSA) is 43.6 Å². The van der Waals surface area contributed by atoms with Crippen LogP contribution in [0.15, 0.2) is 11.6 Å². The van der Waals surface area contributed by atoms with Gasteiger partial charge in [0.2, 0.25) is 0 Å². The fraction of sp³-hybridized carbons (Fsp3) is 0.333. The summed E-state index contributed by atoms with van der Waals surface area (Å²) in [6, 6.07) is 0. The Bertz CT molecular complexity index is 472. The molecule has 2 aromatic rings. The second-order valence-electron chi connectivity index (χ2n) is 2.87. The van der Waals surface area contributed by atoms with Crippen LogP contribution in [0.25, 0.3) is 4.83 Å². The molecule has 0 saturated heterocycles. The molecule has 74 valence electrons. The van der Waals surface area contributed by atoms with E-state index in [-0.39, 0.29) is 5.97 Å². The molecule has 0 aliphatic carbocycles. The van der Waals surface area contributed by atoms with Gasteiger partial charge in [-0.15, -0.1) is 11.3 Å². The number of fused-ring (bicyclic) bond motifs is 1. The van der Waals surface area contributed by atoms with Gasteiger partial charge in [-0.2, -0.15) is 5.10 Å².